The van der Waals surface area contributed by atoms with E-state index in [1.165, 1.54) is 141 Å². The van der Waals surface area contributed by atoms with Gasteiger partial charge < -0.3 is 4.90 Å². The molecule has 0 N–H and O–H groups in total. The Morgan fingerprint density at radius 1 is 0.567 bits per heavy atom. The Balaban J connectivity index is 1.52. The smallest absolute Gasteiger partial charge is 0.223 e. The Labute approximate surface area is 189 Å². The molecule has 2 heteroatoms. The van der Waals surface area contributed by atoms with Gasteiger partial charge >= 0.3 is 0 Å². The summed E-state index contributed by atoms with van der Waals surface area (Å²) in [5, 5.41) is 0. The zero-order valence-electron chi connectivity index (χ0n) is 20.5. The second kappa shape index (κ2) is 17.1. The maximum absolute atomic E-state index is 13.2. The maximum atomic E-state index is 13.2. The third-order valence-corrected chi connectivity index (χ3v) is 7.72. The molecular formula is C28H53NO. The lowest BCUT2D eigenvalue weighted by molar-refractivity contribution is -0.138. The molecular weight excluding hydrogens is 366 g/mol. The normalized spacial score (nSPS) is 18.6. The molecule has 2 aliphatic carbocycles. The molecule has 2 rings (SSSR count). The van der Waals surface area contributed by atoms with Crippen molar-refractivity contribution in [3.8, 4) is 0 Å². The summed E-state index contributed by atoms with van der Waals surface area (Å²) in [6.45, 7) is 2.29. The number of unbranched alkanes of at least 4 members (excludes halogenated alkanes) is 12. The minimum atomic E-state index is 0.497. The number of hydrogen-bond donors (Lipinski definition) is 0. The Morgan fingerprint density at radius 3 is 1.33 bits per heavy atom. The third kappa shape index (κ3) is 10.7. The molecule has 0 aliphatic heterocycles. The van der Waals surface area contributed by atoms with Crippen LogP contribution in [-0.2, 0) is 4.79 Å². The molecule has 0 aromatic heterocycles. The van der Waals surface area contributed by atoms with Crippen molar-refractivity contribution < 1.29 is 4.79 Å². The summed E-state index contributed by atoms with van der Waals surface area (Å²) < 4.78 is 0. The number of rotatable bonds is 16. The molecule has 176 valence electrons. The largest absolute Gasteiger partial charge is 0.337 e. The standard InChI is InChI=1S/C28H53NO/c1-2-3-4-5-6-7-8-9-10-11-12-13-20-25-28(30)29(26-21-16-14-17-22-26)27-23-18-15-19-24-27/h26-27H,2-25H2,1H3. The molecule has 0 spiro atoms. The van der Waals surface area contributed by atoms with Gasteiger partial charge in [-0.05, 0) is 32.1 Å². The van der Waals surface area contributed by atoms with Crippen molar-refractivity contribution in [3.63, 3.8) is 0 Å². The van der Waals surface area contributed by atoms with Crippen LogP contribution in [0, 0.1) is 0 Å². The van der Waals surface area contributed by atoms with Crippen LogP contribution in [0.25, 0.3) is 0 Å². The number of nitrogens with zero attached hydrogens (tertiary/aromatic N) is 1. The van der Waals surface area contributed by atoms with Crippen LogP contribution in [0.5, 0.6) is 0 Å². The molecule has 2 nitrogen and oxygen atoms in total. The molecule has 0 radical (unpaired) electrons. The first-order valence-corrected chi connectivity index (χ1v) is 14.1. The fraction of sp³-hybridized carbons (Fsp3) is 0.964. The molecule has 0 aromatic carbocycles. The van der Waals surface area contributed by atoms with Crippen molar-refractivity contribution in [1.29, 1.82) is 0 Å². The summed E-state index contributed by atoms with van der Waals surface area (Å²) in [4.78, 5) is 15.6. The summed E-state index contributed by atoms with van der Waals surface area (Å²) in [5.74, 6) is 0.497. The summed E-state index contributed by atoms with van der Waals surface area (Å²) >= 11 is 0. The van der Waals surface area contributed by atoms with Gasteiger partial charge in [-0.2, -0.15) is 0 Å². The Kier molecular flexibility index (Phi) is 14.6. The molecule has 1 amide bonds. The van der Waals surface area contributed by atoms with Crippen LogP contribution < -0.4 is 0 Å². The number of carbonyl (C=O) groups excluding carboxylic acids is 1. The predicted molar refractivity (Wildman–Crippen MR) is 131 cm³/mol. The Morgan fingerprint density at radius 2 is 0.933 bits per heavy atom. The summed E-state index contributed by atoms with van der Waals surface area (Å²) in [6.07, 6.45) is 31.8. The fourth-order valence-electron chi connectivity index (χ4n) is 5.85. The van der Waals surface area contributed by atoms with Gasteiger partial charge in [-0.3, -0.25) is 4.79 Å². The van der Waals surface area contributed by atoms with E-state index in [2.05, 4.69) is 11.8 Å². The van der Waals surface area contributed by atoms with E-state index in [4.69, 9.17) is 0 Å². The third-order valence-electron chi connectivity index (χ3n) is 7.72. The van der Waals surface area contributed by atoms with E-state index in [1.807, 2.05) is 0 Å². The van der Waals surface area contributed by atoms with Crippen LogP contribution >= 0.6 is 0 Å². The topological polar surface area (TPSA) is 20.3 Å². The number of amides is 1. The van der Waals surface area contributed by atoms with E-state index in [1.54, 1.807) is 0 Å². The van der Waals surface area contributed by atoms with Crippen LogP contribution in [-0.4, -0.2) is 22.9 Å². The minimum Gasteiger partial charge on any atom is -0.337 e. The molecule has 0 heterocycles. The van der Waals surface area contributed by atoms with Crippen LogP contribution in [0.1, 0.15) is 161 Å². The van der Waals surface area contributed by atoms with E-state index in [0.29, 0.717) is 18.0 Å². The van der Waals surface area contributed by atoms with Gasteiger partial charge in [0.25, 0.3) is 0 Å². The zero-order chi connectivity index (χ0) is 21.3. The summed E-state index contributed by atoms with van der Waals surface area (Å²) in [7, 11) is 0. The van der Waals surface area contributed by atoms with Crippen molar-refractivity contribution in [2.45, 2.75) is 173 Å². The van der Waals surface area contributed by atoms with Gasteiger partial charge in [-0.15, -0.1) is 0 Å². The molecule has 0 bridgehead atoms. The Hall–Kier alpha value is -0.530. The second-order valence-electron chi connectivity index (χ2n) is 10.4. The van der Waals surface area contributed by atoms with E-state index in [0.717, 1.165) is 12.8 Å². The number of hydrogen-bond acceptors (Lipinski definition) is 1. The van der Waals surface area contributed by atoms with E-state index in [9.17, 15) is 4.79 Å². The molecule has 0 unspecified atom stereocenters. The highest BCUT2D eigenvalue weighted by Crippen LogP contribution is 2.31. The molecule has 2 saturated carbocycles. The molecule has 2 fully saturated rings. The lowest BCUT2D eigenvalue weighted by Crippen LogP contribution is -2.48. The van der Waals surface area contributed by atoms with Gasteiger partial charge in [0.2, 0.25) is 5.91 Å². The van der Waals surface area contributed by atoms with E-state index < -0.39 is 0 Å². The average molecular weight is 420 g/mol. The summed E-state index contributed by atoms with van der Waals surface area (Å²) in [6, 6.07) is 1.13. The lowest BCUT2D eigenvalue weighted by atomic mass is 9.88. The Bertz CT molecular complexity index is 391. The van der Waals surface area contributed by atoms with Gasteiger partial charge in [-0.1, -0.05) is 122 Å². The zero-order valence-corrected chi connectivity index (χ0v) is 20.5. The SMILES string of the molecule is CCCCCCCCCCCCCCCC(=O)N(C1CCCCC1)C1CCCCC1. The first kappa shape index (κ1) is 25.7. The fourth-order valence-corrected chi connectivity index (χ4v) is 5.85. The van der Waals surface area contributed by atoms with Crippen molar-refractivity contribution >= 4 is 5.91 Å². The monoisotopic (exact) mass is 419 g/mol. The maximum Gasteiger partial charge on any atom is 0.223 e. The van der Waals surface area contributed by atoms with Crippen LogP contribution in [0.3, 0.4) is 0 Å². The van der Waals surface area contributed by atoms with Crippen LogP contribution in [0.2, 0.25) is 0 Å². The highest BCUT2D eigenvalue weighted by atomic mass is 16.2. The van der Waals surface area contributed by atoms with Crippen molar-refractivity contribution in [2.24, 2.45) is 0 Å². The van der Waals surface area contributed by atoms with Gasteiger partial charge in [0.15, 0.2) is 0 Å². The van der Waals surface area contributed by atoms with Crippen molar-refractivity contribution in [2.75, 3.05) is 0 Å². The predicted octanol–water partition coefficient (Wildman–Crippen LogP) is 8.96. The molecule has 0 saturated heterocycles. The molecule has 2 aliphatic rings. The van der Waals surface area contributed by atoms with Crippen LogP contribution in [0.15, 0.2) is 0 Å². The van der Waals surface area contributed by atoms with Gasteiger partial charge in [0.05, 0.1) is 0 Å². The summed E-state index contributed by atoms with van der Waals surface area (Å²) in [5.41, 5.74) is 0. The van der Waals surface area contributed by atoms with Crippen molar-refractivity contribution in [3.05, 3.63) is 0 Å². The molecule has 0 aromatic rings. The van der Waals surface area contributed by atoms with Gasteiger partial charge in [0.1, 0.15) is 0 Å². The lowest BCUT2D eigenvalue weighted by Gasteiger charge is -2.42. The van der Waals surface area contributed by atoms with Crippen LogP contribution in [0.4, 0.5) is 0 Å². The highest BCUT2D eigenvalue weighted by molar-refractivity contribution is 5.77. The van der Waals surface area contributed by atoms with Gasteiger partial charge in [0, 0.05) is 18.5 Å². The van der Waals surface area contributed by atoms with Gasteiger partial charge in [-0.25, -0.2) is 0 Å². The van der Waals surface area contributed by atoms with E-state index in [-0.39, 0.29) is 0 Å². The van der Waals surface area contributed by atoms with Crippen molar-refractivity contribution in [1.82, 2.24) is 4.90 Å². The average Bonchev–Trinajstić information content (AvgIpc) is 2.78. The first-order chi connectivity index (χ1) is 14.8. The minimum absolute atomic E-state index is 0.497. The van der Waals surface area contributed by atoms with E-state index >= 15 is 0 Å². The molecule has 0 atom stereocenters. The first-order valence-electron chi connectivity index (χ1n) is 14.1. The quantitative estimate of drug-likeness (QED) is 0.229. The molecule has 30 heavy (non-hydrogen) atoms. The second-order valence-corrected chi connectivity index (χ2v) is 10.4. The number of carbonyl (C=O) groups is 1. The highest BCUT2D eigenvalue weighted by Gasteiger charge is 2.31.